The zero-order chi connectivity index (χ0) is 24.5. The van der Waals surface area contributed by atoms with Gasteiger partial charge < -0.3 is 19.9 Å². The number of rotatable bonds is 2. The molecule has 1 unspecified atom stereocenters. The van der Waals surface area contributed by atoms with Crippen LogP contribution < -0.4 is 5.32 Å². The standard InChI is InChI=1S/C23H23F4N5O3/c24-16-2-1-12(7-15(16)23(25,26)27)32-6-3-17(29-32)21-13-8-31(9-14(13)21)22(34)30-5-4-19-18(10-30)28-20(33)11-35-19/h1-3,6-7,13-14,18-19,21H,4-5,8-11H2,(H,28,33)/t13-,14+,18-,19+,21?/m1/s1. The van der Waals surface area contributed by atoms with Gasteiger partial charge in [0.05, 0.1) is 29.1 Å². The molecule has 3 amide bonds. The van der Waals surface area contributed by atoms with E-state index < -0.39 is 17.6 Å². The average Bonchev–Trinajstić information content (AvgIpc) is 3.18. The van der Waals surface area contributed by atoms with Crippen molar-refractivity contribution in [2.24, 2.45) is 11.8 Å². The fourth-order valence-electron chi connectivity index (χ4n) is 5.73. The molecule has 186 valence electrons. The molecule has 35 heavy (non-hydrogen) atoms. The lowest BCUT2D eigenvalue weighted by Gasteiger charge is -2.42. The largest absolute Gasteiger partial charge is 0.419 e. The van der Waals surface area contributed by atoms with Gasteiger partial charge in [0.25, 0.3) is 0 Å². The van der Waals surface area contributed by atoms with Crippen LogP contribution in [0.5, 0.6) is 0 Å². The molecule has 5 atom stereocenters. The molecule has 4 aliphatic rings. The number of amides is 3. The molecular formula is C23H23F4N5O3. The van der Waals surface area contributed by atoms with Crippen molar-refractivity contribution >= 4 is 11.9 Å². The number of morpholine rings is 1. The number of carbonyl (C=O) groups is 2. The van der Waals surface area contributed by atoms with Gasteiger partial charge in [0.2, 0.25) is 5.91 Å². The van der Waals surface area contributed by atoms with Crippen LogP contribution in [0.4, 0.5) is 22.4 Å². The number of carbonyl (C=O) groups excluding carboxylic acids is 2. The van der Waals surface area contributed by atoms with E-state index in [1.807, 2.05) is 4.90 Å². The van der Waals surface area contributed by atoms with Crippen molar-refractivity contribution in [3.63, 3.8) is 0 Å². The van der Waals surface area contributed by atoms with Crippen LogP contribution in [-0.2, 0) is 15.7 Å². The fraction of sp³-hybridized carbons (Fsp3) is 0.522. The summed E-state index contributed by atoms with van der Waals surface area (Å²) in [6.07, 6.45) is -2.59. The van der Waals surface area contributed by atoms with Crippen LogP contribution in [0.2, 0.25) is 0 Å². The van der Waals surface area contributed by atoms with Crippen LogP contribution in [0.25, 0.3) is 5.69 Å². The first-order valence-corrected chi connectivity index (χ1v) is 11.6. The van der Waals surface area contributed by atoms with E-state index in [4.69, 9.17) is 4.74 Å². The molecule has 2 aromatic rings. The number of hydrogen-bond acceptors (Lipinski definition) is 4. The Morgan fingerprint density at radius 2 is 1.89 bits per heavy atom. The lowest BCUT2D eigenvalue weighted by molar-refractivity contribution is -0.140. The van der Waals surface area contributed by atoms with Gasteiger partial charge >= 0.3 is 12.2 Å². The number of likely N-dealkylation sites (tertiary alicyclic amines) is 2. The van der Waals surface area contributed by atoms with Gasteiger partial charge in [0.15, 0.2) is 0 Å². The number of fused-ring (bicyclic) bond motifs is 2. The van der Waals surface area contributed by atoms with E-state index in [1.165, 1.54) is 10.7 Å². The summed E-state index contributed by atoms with van der Waals surface area (Å²) in [6, 6.07) is 4.34. The second-order valence-electron chi connectivity index (χ2n) is 9.65. The van der Waals surface area contributed by atoms with E-state index >= 15 is 0 Å². The summed E-state index contributed by atoms with van der Waals surface area (Å²) in [5.74, 6) is -0.856. The highest BCUT2D eigenvalue weighted by Gasteiger charge is 2.58. The summed E-state index contributed by atoms with van der Waals surface area (Å²) in [5.41, 5.74) is -0.435. The number of benzene rings is 1. The molecule has 3 saturated heterocycles. The van der Waals surface area contributed by atoms with Crippen LogP contribution >= 0.6 is 0 Å². The Morgan fingerprint density at radius 3 is 2.63 bits per heavy atom. The molecule has 1 aromatic heterocycles. The highest BCUT2D eigenvalue weighted by Crippen LogP contribution is 2.57. The predicted molar refractivity (Wildman–Crippen MR) is 113 cm³/mol. The van der Waals surface area contributed by atoms with Crippen LogP contribution in [0.15, 0.2) is 30.5 Å². The minimum absolute atomic E-state index is 0.0502. The van der Waals surface area contributed by atoms with Crippen molar-refractivity contribution in [3.8, 4) is 5.69 Å². The molecule has 1 aromatic carbocycles. The van der Waals surface area contributed by atoms with Gasteiger partial charge in [-0.05, 0) is 42.5 Å². The van der Waals surface area contributed by atoms with Gasteiger partial charge in [-0.25, -0.2) is 13.9 Å². The normalized spacial score (nSPS) is 30.1. The molecule has 4 heterocycles. The summed E-state index contributed by atoms with van der Waals surface area (Å²) in [5, 5.41) is 7.35. The summed E-state index contributed by atoms with van der Waals surface area (Å²) >= 11 is 0. The van der Waals surface area contributed by atoms with Gasteiger partial charge in [-0.15, -0.1) is 0 Å². The Morgan fingerprint density at radius 1 is 1.11 bits per heavy atom. The molecule has 1 saturated carbocycles. The SMILES string of the molecule is O=C1CO[C@H]2CCN(C(=O)N3C[C@@H]4C(c5ccn(-c6ccc(F)c(C(F)(F)F)c6)n5)[C@@H]4C3)C[C@H]2N1. The summed E-state index contributed by atoms with van der Waals surface area (Å²) in [7, 11) is 0. The third-order valence-corrected chi connectivity index (χ3v) is 7.53. The maximum absolute atomic E-state index is 13.6. The van der Waals surface area contributed by atoms with E-state index in [9.17, 15) is 27.2 Å². The minimum atomic E-state index is -4.79. The van der Waals surface area contributed by atoms with Crippen LogP contribution in [-0.4, -0.2) is 76.5 Å². The molecule has 0 radical (unpaired) electrons. The average molecular weight is 493 g/mol. The predicted octanol–water partition coefficient (Wildman–Crippen LogP) is 2.38. The van der Waals surface area contributed by atoms with Crippen LogP contribution in [0.1, 0.15) is 23.6 Å². The number of nitrogens with one attached hydrogen (secondary N) is 1. The number of piperidine rings is 2. The van der Waals surface area contributed by atoms with E-state index in [0.29, 0.717) is 32.6 Å². The number of nitrogens with zero attached hydrogens (tertiary/aromatic N) is 4. The van der Waals surface area contributed by atoms with Gasteiger partial charge in [0.1, 0.15) is 12.4 Å². The first-order valence-electron chi connectivity index (χ1n) is 11.6. The van der Waals surface area contributed by atoms with Crippen molar-refractivity contribution in [2.45, 2.75) is 30.7 Å². The number of hydrogen-bond donors (Lipinski definition) is 1. The van der Waals surface area contributed by atoms with Crippen molar-refractivity contribution in [1.82, 2.24) is 24.9 Å². The molecular weight excluding hydrogens is 470 g/mol. The molecule has 0 bridgehead atoms. The smallest absolute Gasteiger partial charge is 0.366 e. The first-order chi connectivity index (χ1) is 16.7. The van der Waals surface area contributed by atoms with Gasteiger partial charge in [-0.2, -0.15) is 18.3 Å². The second-order valence-corrected chi connectivity index (χ2v) is 9.65. The Bertz CT molecular complexity index is 1170. The maximum atomic E-state index is 13.6. The minimum Gasteiger partial charge on any atom is -0.366 e. The lowest BCUT2D eigenvalue weighted by Crippen LogP contribution is -2.62. The first kappa shape index (κ1) is 22.3. The Balaban J connectivity index is 1.08. The van der Waals surface area contributed by atoms with Crippen molar-refractivity contribution in [1.29, 1.82) is 0 Å². The maximum Gasteiger partial charge on any atom is 0.419 e. The number of urea groups is 1. The van der Waals surface area contributed by atoms with Crippen LogP contribution in [0.3, 0.4) is 0 Å². The quantitative estimate of drug-likeness (QED) is 0.652. The van der Waals surface area contributed by atoms with Crippen molar-refractivity contribution < 1.29 is 31.9 Å². The summed E-state index contributed by atoms with van der Waals surface area (Å²) < 4.78 is 59.6. The van der Waals surface area contributed by atoms with Crippen LogP contribution in [0, 0.1) is 17.7 Å². The molecule has 8 nitrogen and oxygen atoms in total. The molecule has 4 fully saturated rings. The number of halogens is 4. The third kappa shape index (κ3) is 3.93. The van der Waals surface area contributed by atoms with Gasteiger partial charge in [-0.3, -0.25) is 4.79 Å². The topological polar surface area (TPSA) is 79.7 Å². The monoisotopic (exact) mass is 493 g/mol. The Labute approximate surface area is 197 Å². The summed E-state index contributed by atoms with van der Waals surface area (Å²) in [4.78, 5) is 28.3. The van der Waals surface area contributed by atoms with E-state index in [1.54, 1.807) is 17.2 Å². The molecule has 12 heteroatoms. The van der Waals surface area contributed by atoms with E-state index in [2.05, 4.69) is 10.4 Å². The van der Waals surface area contributed by atoms with Gasteiger partial charge in [-0.1, -0.05) is 0 Å². The second kappa shape index (κ2) is 7.94. The Kier molecular flexibility index (Phi) is 5.06. The fourth-order valence-corrected chi connectivity index (χ4v) is 5.73. The lowest BCUT2D eigenvalue weighted by atomic mass is 10.0. The van der Waals surface area contributed by atoms with Crippen molar-refractivity contribution in [2.75, 3.05) is 32.8 Å². The highest BCUT2D eigenvalue weighted by molar-refractivity contribution is 5.79. The zero-order valence-electron chi connectivity index (χ0n) is 18.5. The third-order valence-electron chi connectivity index (χ3n) is 7.53. The Hall–Kier alpha value is -3.15. The number of alkyl halides is 3. The summed E-state index contributed by atoms with van der Waals surface area (Å²) in [6.45, 7) is 2.23. The highest BCUT2D eigenvalue weighted by atomic mass is 19.4. The zero-order valence-corrected chi connectivity index (χ0v) is 18.5. The molecule has 1 aliphatic carbocycles. The van der Waals surface area contributed by atoms with Gasteiger partial charge in [0, 0.05) is 38.3 Å². The number of aromatic nitrogens is 2. The van der Waals surface area contributed by atoms with E-state index in [0.717, 1.165) is 17.8 Å². The molecule has 6 rings (SSSR count). The molecule has 1 N–H and O–H groups in total. The molecule has 3 aliphatic heterocycles. The van der Waals surface area contributed by atoms with Crippen molar-refractivity contribution in [3.05, 3.63) is 47.5 Å². The van der Waals surface area contributed by atoms with E-state index in [-0.39, 0.29) is 54.1 Å². The number of ether oxygens (including phenoxy) is 1. The molecule has 0 spiro atoms.